The van der Waals surface area contributed by atoms with Gasteiger partial charge in [0.25, 0.3) is 0 Å². The maximum atomic E-state index is 14.0. The van der Waals surface area contributed by atoms with E-state index in [4.69, 9.17) is 5.73 Å². The van der Waals surface area contributed by atoms with Crippen molar-refractivity contribution in [1.82, 2.24) is 0 Å². The molecule has 1 aliphatic heterocycles. The van der Waals surface area contributed by atoms with E-state index in [0.717, 1.165) is 25.5 Å². The number of hydrogen-bond donors (Lipinski definition) is 1. The Bertz CT molecular complexity index is 670. The second kappa shape index (κ2) is 6.67. The molecule has 2 aromatic carbocycles. The number of nitrogens with zero attached hydrogens (tertiary/aromatic N) is 1. The first kappa shape index (κ1) is 15.9. The van der Waals surface area contributed by atoms with Crippen molar-refractivity contribution in [2.24, 2.45) is 11.7 Å². The SMILES string of the molecule is Cc1ccc(CC2CC(N)CN(c3ccc(F)cc3F)C2)cc1. The highest BCUT2D eigenvalue weighted by Gasteiger charge is 2.27. The molecule has 0 bridgehead atoms. The molecular weight excluding hydrogens is 294 g/mol. The first-order valence-electron chi connectivity index (χ1n) is 8.02. The van der Waals surface area contributed by atoms with E-state index in [-0.39, 0.29) is 6.04 Å². The standard InChI is InChI=1S/C19H22F2N2/c1-13-2-4-14(5-3-13)8-15-9-17(22)12-23(11-15)19-7-6-16(20)10-18(19)21/h2-7,10,15,17H,8-9,11-12,22H2,1H3. The zero-order valence-electron chi connectivity index (χ0n) is 13.3. The molecule has 0 aliphatic carbocycles. The number of aryl methyl sites for hydroxylation is 1. The van der Waals surface area contributed by atoms with Crippen molar-refractivity contribution in [1.29, 1.82) is 0 Å². The van der Waals surface area contributed by atoms with Gasteiger partial charge in [-0.25, -0.2) is 8.78 Å². The first-order chi connectivity index (χ1) is 11.0. The van der Waals surface area contributed by atoms with E-state index in [0.29, 0.717) is 18.2 Å². The summed E-state index contributed by atoms with van der Waals surface area (Å²) in [6, 6.07) is 12.2. The molecule has 2 aromatic rings. The van der Waals surface area contributed by atoms with Crippen molar-refractivity contribution in [3.8, 4) is 0 Å². The Morgan fingerprint density at radius 1 is 1.09 bits per heavy atom. The maximum absolute atomic E-state index is 14.0. The monoisotopic (exact) mass is 316 g/mol. The number of hydrogen-bond acceptors (Lipinski definition) is 2. The van der Waals surface area contributed by atoms with Gasteiger partial charge in [-0.1, -0.05) is 29.8 Å². The van der Waals surface area contributed by atoms with Crippen LogP contribution in [-0.4, -0.2) is 19.1 Å². The Morgan fingerprint density at radius 2 is 1.83 bits per heavy atom. The molecule has 1 saturated heterocycles. The Hall–Kier alpha value is -1.94. The summed E-state index contributed by atoms with van der Waals surface area (Å²) in [5, 5.41) is 0. The molecule has 0 saturated carbocycles. The summed E-state index contributed by atoms with van der Waals surface area (Å²) in [5.41, 5.74) is 9.13. The van der Waals surface area contributed by atoms with Crippen LogP contribution in [0.4, 0.5) is 14.5 Å². The van der Waals surface area contributed by atoms with Crippen molar-refractivity contribution in [2.45, 2.75) is 25.8 Å². The normalized spacial score (nSPS) is 21.5. The molecular formula is C19H22F2N2. The van der Waals surface area contributed by atoms with E-state index in [1.165, 1.54) is 23.3 Å². The molecule has 0 aromatic heterocycles. The highest BCUT2D eigenvalue weighted by molar-refractivity contribution is 5.48. The predicted molar refractivity (Wildman–Crippen MR) is 89.5 cm³/mol. The Morgan fingerprint density at radius 3 is 2.52 bits per heavy atom. The van der Waals surface area contributed by atoms with E-state index >= 15 is 0 Å². The van der Waals surface area contributed by atoms with Gasteiger partial charge in [0.2, 0.25) is 0 Å². The zero-order chi connectivity index (χ0) is 16.4. The van der Waals surface area contributed by atoms with Crippen molar-refractivity contribution in [2.75, 3.05) is 18.0 Å². The van der Waals surface area contributed by atoms with Crippen LogP contribution in [-0.2, 0) is 6.42 Å². The summed E-state index contributed by atoms with van der Waals surface area (Å²) in [6.45, 7) is 3.41. The lowest BCUT2D eigenvalue weighted by atomic mass is 9.88. The van der Waals surface area contributed by atoms with Crippen LogP contribution in [0.25, 0.3) is 0 Å². The fraction of sp³-hybridized carbons (Fsp3) is 0.368. The van der Waals surface area contributed by atoms with E-state index in [1.54, 1.807) is 0 Å². The fourth-order valence-corrected chi connectivity index (χ4v) is 3.39. The van der Waals surface area contributed by atoms with E-state index in [9.17, 15) is 8.78 Å². The largest absolute Gasteiger partial charge is 0.367 e. The Balaban J connectivity index is 1.74. The lowest BCUT2D eigenvalue weighted by Gasteiger charge is -2.38. The molecule has 2 nitrogen and oxygen atoms in total. The maximum Gasteiger partial charge on any atom is 0.149 e. The van der Waals surface area contributed by atoms with Crippen LogP contribution < -0.4 is 10.6 Å². The summed E-state index contributed by atoms with van der Waals surface area (Å²) >= 11 is 0. The summed E-state index contributed by atoms with van der Waals surface area (Å²) in [6.07, 6.45) is 1.85. The molecule has 1 fully saturated rings. The zero-order valence-corrected chi connectivity index (χ0v) is 13.3. The average Bonchev–Trinajstić information content (AvgIpc) is 2.49. The second-order valence-electron chi connectivity index (χ2n) is 6.55. The van der Waals surface area contributed by atoms with Gasteiger partial charge in [-0.2, -0.15) is 0 Å². The van der Waals surface area contributed by atoms with Crippen LogP contribution >= 0.6 is 0 Å². The average molecular weight is 316 g/mol. The van der Waals surface area contributed by atoms with Crippen LogP contribution in [0.3, 0.4) is 0 Å². The minimum absolute atomic E-state index is 0.00338. The Labute approximate surface area is 135 Å². The number of benzene rings is 2. The lowest BCUT2D eigenvalue weighted by Crippen LogP contribution is -2.48. The highest BCUT2D eigenvalue weighted by Crippen LogP contribution is 2.27. The van der Waals surface area contributed by atoms with E-state index < -0.39 is 11.6 Å². The molecule has 1 heterocycles. The van der Waals surface area contributed by atoms with Gasteiger partial charge in [0.05, 0.1) is 5.69 Å². The van der Waals surface area contributed by atoms with Gasteiger partial charge in [0, 0.05) is 25.2 Å². The van der Waals surface area contributed by atoms with Crippen LogP contribution in [0.5, 0.6) is 0 Å². The number of rotatable bonds is 3. The lowest BCUT2D eigenvalue weighted by molar-refractivity contribution is 0.372. The fourth-order valence-electron chi connectivity index (χ4n) is 3.39. The van der Waals surface area contributed by atoms with Crippen molar-refractivity contribution < 1.29 is 8.78 Å². The molecule has 23 heavy (non-hydrogen) atoms. The van der Waals surface area contributed by atoms with Gasteiger partial charge < -0.3 is 10.6 Å². The van der Waals surface area contributed by atoms with Crippen LogP contribution in [0.1, 0.15) is 17.5 Å². The number of piperidine rings is 1. The smallest absolute Gasteiger partial charge is 0.149 e. The van der Waals surface area contributed by atoms with E-state index in [1.807, 2.05) is 4.90 Å². The van der Waals surface area contributed by atoms with Gasteiger partial charge in [-0.15, -0.1) is 0 Å². The van der Waals surface area contributed by atoms with Crippen molar-refractivity contribution in [3.63, 3.8) is 0 Å². The third-order valence-corrected chi connectivity index (χ3v) is 4.46. The summed E-state index contributed by atoms with van der Waals surface area (Å²) in [5.74, 6) is -0.706. The number of halogens is 2. The minimum atomic E-state index is -0.552. The van der Waals surface area contributed by atoms with Crippen molar-refractivity contribution >= 4 is 5.69 Å². The number of anilines is 1. The molecule has 2 atom stereocenters. The third-order valence-electron chi connectivity index (χ3n) is 4.46. The summed E-state index contributed by atoms with van der Waals surface area (Å²) in [4.78, 5) is 1.95. The van der Waals surface area contributed by atoms with Crippen LogP contribution in [0.15, 0.2) is 42.5 Å². The molecule has 0 radical (unpaired) electrons. The molecule has 2 N–H and O–H groups in total. The van der Waals surface area contributed by atoms with E-state index in [2.05, 4.69) is 31.2 Å². The molecule has 0 spiro atoms. The highest BCUT2D eigenvalue weighted by atomic mass is 19.1. The summed E-state index contributed by atoms with van der Waals surface area (Å²) < 4.78 is 27.1. The van der Waals surface area contributed by atoms with Crippen LogP contribution in [0, 0.1) is 24.5 Å². The van der Waals surface area contributed by atoms with Gasteiger partial charge in [0.15, 0.2) is 0 Å². The third kappa shape index (κ3) is 3.88. The van der Waals surface area contributed by atoms with Crippen molar-refractivity contribution in [3.05, 3.63) is 65.2 Å². The quantitative estimate of drug-likeness (QED) is 0.936. The minimum Gasteiger partial charge on any atom is -0.367 e. The predicted octanol–water partition coefficient (Wildman–Crippen LogP) is 3.67. The molecule has 3 rings (SSSR count). The van der Waals surface area contributed by atoms with Gasteiger partial charge >= 0.3 is 0 Å². The number of nitrogens with two attached hydrogens (primary N) is 1. The molecule has 0 amide bonds. The molecule has 122 valence electrons. The Kier molecular flexibility index (Phi) is 4.62. The van der Waals surface area contributed by atoms with Crippen LogP contribution in [0.2, 0.25) is 0 Å². The first-order valence-corrected chi connectivity index (χ1v) is 8.02. The molecule has 1 aliphatic rings. The van der Waals surface area contributed by atoms with Gasteiger partial charge in [0.1, 0.15) is 11.6 Å². The molecule has 4 heteroatoms. The van der Waals surface area contributed by atoms with Gasteiger partial charge in [-0.3, -0.25) is 0 Å². The topological polar surface area (TPSA) is 29.3 Å². The van der Waals surface area contributed by atoms with Gasteiger partial charge in [-0.05, 0) is 43.4 Å². The molecule has 2 unspecified atom stereocenters. The second-order valence-corrected chi connectivity index (χ2v) is 6.55. The summed E-state index contributed by atoms with van der Waals surface area (Å²) in [7, 11) is 0.